The molecule has 0 fully saturated rings. The summed E-state index contributed by atoms with van der Waals surface area (Å²) in [5, 5.41) is 10.1. The topological polar surface area (TPSA) is 23.3 Å². The van der Waals surface area contributed by atoms with Gasteiger partial charge < -0.3 is 4.74 Å². The van der Waals surface area contributed by atoms with Crippen LogP contribution in [0.1, 0.15) is 0 Å². The van der Waals surface area contributed by atoms with Crippen LogP contribution in [0.2, 0.25) is 0 Å². The molecular formula is C28H20NO. The van der Waals surface area contributed by atoms with Crippen LogP contribution in [0.3, 0.4) is 0 Å². The van der Waals surface area contributed by atoms with Crippen LogP contribution in [0.15, 0.2) is 109 Å². The second kappa shape index (κ2) is 5.99. The van der Waals surface area contributed by atoms with E-state index in [1.165, 1.54) is 10.8 Å². The van der Waals surface area contributed by atoms with E-state index >= 15 is 0 Å². The SMILES string of the molecule is C1=CC2C3=C(Oc4c(c5ccccc5c5ccccc45)[N]3)C3C=CC=CC3C2C=C1. The van der Waals surface area contributed by atoms with E-state index in [0.29, 0.717) is 11.8 Å². The Kier molecular flexibility index (Phi) is 3.25. The fraction of sp³-hybridized carbons (Fsp3) is 0.143. The Labute approximate surface area is 175 Å². The van der Waals surface area contributed by atoms with Gasteiger partial charge in [-0.05, 0) is 22.6 Å². The first-order valence-corrected chi connectivity index (χ1v) is 10.7. The Morgan fingerprint density at radius 1 is 0.600 bits per heavy atom. The van der Waals surface area contributed by atoms with Gasteiger partial charge in [0.1, 0.15) is 11.4 Å². The van der Waals surface area contributed by atoms with Gasteiger partial charge in [0, 0.05) is 22.6 Å². The molecule has 3 aliphatic carbocycles. The van der Waals surface area contributed by atoms with E-state index in [4.69, 9.17) is 10.1 Å². The van der Waals surface area contributed by atoms with Gasteiger partial charge >= 0.3 is 0 Å². The molecule has 4 atom stereocenters. The molecular weight excluding hydrogens is 366 g/mol. The number of allylic oxidation sites excluding steroid dienone is 8. The van der Waals surface area contributed by atoms with Crippen LogP contribution in [0.4, 0.5) is 5.69 Å². The van der Waals surface area contributed by atoms with E-state index in [1.807, 2.05) is 0 Å². The molecule has 30 heavy (non-hydrogen) atoms. The molecule has 0 saturated carbocycles. The van der Waals surface area contributed by atoms with Crippen LogP contribution in [0, 0.1) is 23.7 Å². The average molecular weight is 386 g/mol. The maximum Gasteiger partial charge on any atom is 0.161 e. The summed E-state index contributed by atoms with van der Waals surface area (Å²) in [6.07, 6.45) is 17.9. The van der Waals surface area contributed by atoms with E-state index in [9.17, 15) is 0 Å². The predicted molar refractivity (Wildman–Crippen MR) is 121 cm³/mol. The van der Waals surface area contributed by atoms with E-state index in [-0.39, 0.29) is 11.8 Å². The lowest BCUT2D eigenvalue weighted by molar-refractivity contribution is 0.227. The fourth-order valence-electron chi connectivity index (χ4n) is 5.64. The van der Waals surface area contributed by atoms with Crippen molar-refractivity contribution in [3.63, 3.8) is 0 Å². The maximum atomic E-state index is 6.82. The molecule has 1 aliphatic heterocycles. The van der Waals surface area contributed by atoms with Crippen molar-refractivity contribution in [1.29, 1.82) is 0 Å². The molecule has 7 rings (SSSR count). The number of hydrogen-bond acceptors (Lipinski definition) is 1. The molecule has 0 bridgehead atoms. The van der Waals surface area contributed by atoms with Crippen molar-refractivity contribution in [1.82, 2.24) is 5.32 Å². The molecule has 1 heterocycles. The molecule has 0 spiro atoms. The number of ether oxygens (including phenoxy) is 1. The highest BCUT2D eigenvalue weighted by Gasteiger charge is 2.45. The lowest BCUT2D eigenvalue weighted by Gasteiger charge is -2.44. The van der Waals surface area contributed by atoms with Gasteiger partial charge in [-0.1, -0.05) is 97.1 Å². The largest absolute Gasteiger partial charge is 0.456 e. The van der Waals surface area contributed by atoms with Gasteiger partial charge in [0.15, 0.2) is 5.75 Å². The highest BCUT2D eigenvalue weighted by atomic mass is 16.5. The molecule has 3 aromatic carbocycles. The molecule has 143 valence electrons. The van der Waals surface area contributed by atoms with Gasteiger partial charge in [0.2, 0.25) is 0 Å². The molecule has 1 radical (unpaired) electrons. The van der Waals surface area contributed by atoms with Crippen molar-refractivity contribution >= 4 is 27.2 Å². The fourth-order valence-corrected chi connectivity index (χ4v) is 5.64. The Hall–Kier alpha value is -3.52. The normalized spacial score (nSPS) is 27.9. The lowest BCUT2D eigenvalue weighted by Crippen LogP contribution is -2.40. The monoisotopic (exact) mass is 386 g/mol. The Morgan fingerprint density at radius 3 is 1.93 bits per heavy atom. The number of nitrogens with zero attached hydrogens (tertiary/aromatic N) is 1. The summed E-state index contributed by atoms with van der Waals surface area (Å²) in [6, 6.07) is 17.1. The second-order valence-corrected chi connectivity index (χ2v) is 8.48. The van der Waals surface area contributed by atoms with Crippen LogP contribution in [-0.4, -0.2) is 0 Å². The van der Waals surface area contributed by atoms with Gasteiger partial charge in [0.05, 0.1) is 5.70 Å². The van der Waals surface area contributed by atoms with Crippen LogP contribution in [0.25, 0.3) is 21.5 Å². The minimum absolute atomic E-state index is 0.226. The first-order valence-electron chi connectivity index (χ1n) is 10.7. The number of benzene rings is 3. The smallest absolute Gasteiger partial charge is 0.161 e. The van der Waals surface area contributed by atoms with E-state index < -0.39 is 0 Å². The molecule has 0 aromatic heterocycles. The zero-order valence-electron chi connectivity index (χ0n) is 16.4. The first-order chi connectivity index (χ1) is 14.9. The number of hydrogen-bond donors (Lipinski definition) is 0. The number of rotatable bonds is 0. The van der Waals surface area contributed by atoms with E-state index in [0.717, 1.165) is 33.7 Å². The molecule has 3 aromatic rings. The standard InChI is InChI=1S/C28H20NO/c1-5-13-21-17(9-1)19-11-3-7-15-23(19)27-25(21)29-26-22-14-6-2-10-18(22)20-12-4-8-16-24(20)28(26)30-27/h1-17,19,21,23H. The van der Waals surface area contributed by atoms with Gasteiger partial charge in [-0.15, -0.1) is 0 Å². The minimum atomic E-state index is 0.226. The summed E-state index contributed by atoms with van der Waals surface area (Å²) in [7, 11) is 0. The number of fused-ring (bicyclic) bond motifs is 11. The van der Waals surface area contributed by atoms with E-state index in [2.05, 4.69) is 97.1 Å². The first kappa shape index (κ1) is 16.3. The van der Waals surface area contributed by atoms with E-state index in [1.54, 1.807) is 0 Å². The minimum Gasteiger partial charge on any atom is -0.456 e. The Morgan fingerprint density at radius 2 is 1.17 bits per heavy atom. The quantitative estimate of drug-likeness (QED) is 0.401. The van der Waals surface area contributed by atoms with Crippen molar-refractivity contribution in [2.24, 2.45) is 23.7 Å². The summed E-state index contributed by atoms with van der Waals surface area (Å²) >= 11 is 0. The van der Waals surface area contributed by atoms with Crippen molar-refractivity contribution < 1.29 is 4.74 Å². The Balaban J connectivity index is 1.51. The van der Waals surface area contributed by atoms with Crippen LogP contribution in [0.5, 0.6) is 5.75 Å². The molecule has 4 unspecified atom stereocenters. The van der Waals surface area contributed by atoms with Crippen LogP contribution in [-0.2, 0) is 0 Å². The molecule has 2 nitrogen and oxygen atoms in total. The third-order valence-corrected chi connectivity index (χ3v) is 6.97. The van der Waals surface area contributed by atoms with Crippen molar-refractivity contribution in [2.45, 2.75) is 0 Å². The highest BCUT2D eigenvalue weighted by Crippen LogP contribution is 2.54. The molecule has 0 saturated heterocycles. The van der Waals surface area contributed by atoms with Crippen molar-refractivity contribution in [2.75, 3.05) is 0 Å². The summed E-state index contributed by atoms with van der Waals surface area (Å²) in [6.45, 7) is 0. The zero-order valence-corrected chi connectivity index (χ0v) is 16.4. The molecule has 2 heteroatoms. The van der Waals surface area contributed by atoms with Crippen molar-refractivity contribution in [3.8, 4) is 5.75 Å². The molecule has 0 amide bonds. The molecule has 0 N–H and O–H groups in total. The average Bonchev–Trinajstić information content (AvgIpc) is 2.83. The summed E-state index contributed by atoms with van der Waals surface area (Å²) in [4.78, 5) is 0. The van der Waals surface area contributed by atoms with Gasteiger partial charge in [-0.25, -0.2) is 5.32 Å². The van der Waals surface area contributed by atoms with Gasteiger partial charge in [0.25, 0.3) is 0 Å². The predicted octanol–water partition coefficient (Wildman–Crippen LogP) is 6.56. The van der Waals surface area contributed by atoms with Crippen molar-refractivity contribution in [3.05, 3.63) is 109 Å². The second-order valence-electron chi connectivity index (χ2n) is 8.48. The maximum absolute atomic E-state index is 6.82. The summed E-state index contributed by atoms with van der Waals surface area (Å²) in [5.74, 6) is 3.22. The third-order valence-electron chi connectivity index (χ3n) is 6.97. The van der Waals surface area contributed by atoms with Crippen LogP contribution < -0.4 is 10.1 Å². The highest BCUT2D eigenvalue weighted by molar-refractivity contribution is 6.16. The Bertz CT molecular complexity index is 1270. The zero-order chi connectivity index (χ0) is 19.7. The van der Waals surface area contributed by atoms with Gasteiger partial charge in [-0.2, -0.15) is 0 Å². The summed E-state index contributed by atoms with van der Waals surface area (Å²) in [5.41, 5.74) is 2.06. The van der Waals surface area contributed by atoms with Gasteiger partial charge in [-0.3, -0.25) is 0 Å². The van der Waals surface area contributed by atoms with Crippen LogP contribution >= 0.6 is 0 Å². The third kappa shape index (κ3) is 2.08. The molecule has 4 aliphatic rings. The summed E-state index contributed by atoms with van der Waals surface area (Å²) < 4.78 is 6.82. The lowest BCUT2D eigenvalue weighted by atomic mass is 9.65.